The van der Waals surface area contributed by atoms with Crippen LogP contribution in [0.1, 0.15) is 20.3 Å². The summed E-state index contributed by atoms with van der Waals surface area (Å²) in [5.41, 5.74) is -1.22. The highest BCUT2D eigenvalue weighted by Crippen LogP contribution is 2.28. The van der Waals surface area contributed by atoms with Gasteiger partial charge in [0.15, 0.2) is 0 Å². The van der Waals surface area contributed by atoms with Crippen LogP contribution in [-0.4, -0.2) is 19.4 Å². The molecule has 0 fully saturated rings. The fourth-order valence-electron chi connectivity index (χ4n) is 0.579. The van der Waals surface area contributed by atoms with Crippen LogP contribution in [0.2, 0.25) is 0 Å². The normalized spacial score (nSPS) is 11.8. The SMILES string of the molecule is CNC(=O)CC(C)(C)C(F)F. The smallest absolute Gasteiger partial charge is 0.244 e. The number of hydrogen-bond acceptors (Lipinski definition) is 1. The first-order valence-electron chi connectivity index (χ1n) is 3.39. The van der Waals surface area contributed by atoms with Crippen LogP contribution in [-0.2, 0) is 4.79 Å². The minimum atomic E-state index is -2.46. The molecule has 0 saturated carbocycles. The minimum Gasteiger partial charge on any atom is -0.359 e. The molecule has 11 heavy (non-hydrogen) atoms. The third kappa shape index (κ3) is 3.30. The van der Waals surface area contributed by atoms with Crippen LogP contribution in [0.4, 0.5) is 8.78 Å². The first-order valence-corrected chi connectivity index (χ1v) is 3.39. The molecule has 0 radical (unpaired) electrons. The lowest BCUT2D eigenvalue weighted by Crippen LogP contribution is -2.30. The number of rotatable bonds is 3. The van der Waals surface area contributed by atoms with Gasteiger partial charge in [-0.1, -0.05) is 13.8 Å². The average molecular weight is 165 g/mol. The maximum Gasteiger partial charge on any atom is 0.244 e. The van der Waals surface area contributed by atoms with Crippen LogP contribution in [0.5, 0.6) is 0 Å². The quantitative estimate of drug-likeness (QED) is 0.673. The molecule has 0 aliphatic rings. The maximum absolute atomic E-state index is 12.1. The molecule has 66 valence electrons. The zero-order valence-corrected chi connectivity index (χ0v) is 6.95. The summed E-state index contributed by atoms with van der Waals surface area (Å²) in [6.07, 6.45) is -2.60. The lowest BCUT2D eigenvalue weighted by molar-refractivity contribution is -0.125. The predicted octanol–water partition coefficient (Wildman–Crippen LogP) is 1.41. The third-order valence-electron chi connectivity index (χ3n) is 1.49. The lowest BCUT2D eigenvalue weighted by Gasteiger charge is -2.21. The lowest BCUT2D eigenvalue weighted by atomic mass is 9.90. The van der Waals surface area contributed by atoms with Gasteiger partial charge in [0.1, 0.15) is 0 Å². The third-order valence-corrected chi connectivity index (χ3v) is 1.49. The van der Waals surface area contributed by atoms with Crippen molar-refractivity contribution in [2.24, 2.45) is 5.41 Å². The van der Waals surface area contributed by atoms with E-state index in [0.29, 0.717) is 0 Å². The van der Waals surface area contributed by atoms with Gasteiger partial charge in [0.05, 0.1) is 0 Å². The number of carbonyl (C=O) groups excluding carboxylic acids is 1. The Balaban J connectivity index is 4.01. The Bertz CT molecular complexity index is 145. The average Bonchev–Trinajstić information content (AvgIpc) is 1.86. The van der Waals surface area contributed by atoms with Crippen molar-refractivity contribution in [3.63, 3.8) is 0 Å². The van der Waals surface area contributed by atoms with Gasteiger partial charge in [0.2, 0.25) is 12.3 Å². The zero-order chi connectivity index (χ0) is 9.07. The van der Waals surface area contributed by atoms with Gasteiger partial charge in [-0.2, -0.15) is 0 Å². The molecule has 0 aromatic carbocycles. The van der Waals surface area contributed by atoms with Crippen LogP contribution in [0.3, 0.4) is 0 Å². The molecule has 0 spiro atoms. The summed E-state index contributed by atoms with van der Waals surface area (Å²) >= 11 is 0. The van der Waals surface area contributed by atoms with Crippen LogP contribution in [0.15, 0.2) is 0 Å². The summed E-state index contributed by atoms with van der Waals surface area (Å²) in [5, 5.41) is 2.30. The van der Waals surface area contributed by atoms with Gasteiger partial charge >= 0.3 is 0 Å². The summed E-state index contributed by atoms with van der Waals surface area (Å²) in [4.78, 5) is 10.7. The van der Waals surface area contributed by atoms with Gasteiger partial charge in [-0.05, 0) is 0 Å². The van der Waals surface area contributed by atoms with E-state index in [1.807, 2.05) is 0 Å². The Labute approximate surface area is 65.0 Å². The molecule has 0 aromatic rings. The number of halogens is 2. The van der Waals surface area contributed by atoms with Crippen molar-refractivity contribution in [3.05, 3.63) is 0 Å². The Hall–Kier alpha value is -0.670. The summed E-state index contributed by atoms with van der Waals surface area (Å²) < 4.78 is 24.3. The maximum atomic E-state index is 12.1. The molecule has 0 rings (SSSR count). The van der Waals surface area contributed by atoms with Crippen molar-refractivity contribution in [1.29, 1.82) is 0 Å². The van der Waals surface area contributed by atoms with Crippen LogP contribution in [0.25, 0.3) is 0 Å². The second kappa shape index (κ2) is 3.64. The van der Waals surface area contributed by atoms with E-state index in [1.54, 1.807) is 0 Å². The summed E-state index contributed by atoms with van der Waals surface area (Å²) in [5.74, 6) is -0.352. The van der Waals surface area contributed by atoms with Crippen LogP contribution < -0.4 is 5.32 Å². The van der Waals surface area contributed by atoms with Crippen molar-refractivity contribution in [2.75, 3.05) is 7.05 Å². The fourth-order valence-corrected chi connectivity index (χ4v) is 0.579. The summed E-state index contributed by atoms with van der Waals surface area (Å²) in [6, 6.07) is 0. The van der Waals surface area contributed by atoms with Gasteiger partial charge in [-0.15, -0.1) is 0 Å². The molecule has 0 aliphatic carbocycles. The van der Waals surface area contributed by atoms with Crippen LogP contribution in [0, 0.1) is 5.41 Å². The van der Waals surface area contributed by atoms with E-state index in [-0.39, 0.29) is 12.3 Å². The molecule has 0 saturated heterocycles. The van der Waals surface area contributed by atoms with Gasteiger partial charge in [0, 0.05) is 18.9 Å². The van der Waals surface area contributed by atoms with Crippen molar-refractivity contribution in [2.45, 2.75) is 26.7 Å². The molecular weight excluding hydrogens is 152 g/mol. The molecule has 0 bridgehead atoms. The highest BCUT2D eigenvalue weighted by Gasteiger charge is 2.31. The molecule has 2 nitrogen and oxygen atoms in total. The van der Waals surface area contributed by atoms with E-state index in [9.17, 15) is 13.6 Å². The van der Waals surface area contributed by atoms with Gasteiger partial charge < -0.3 is 5.32 Å². The first kappa shape index (κ1) is 10.3. The van der Waals surface area contributed by atoms with E-state index in [0.717, 1.165) is 0 Å². The zero-order valence-electron chi connectivity index (χ0n) is 6.95. The molecule has 0 heterocycles. The van der Waals surface area contributed by atoms with Gasteiger partial charge in [-0.25, -0.2) is 8.78 Å². The fraction of sp³-hybridized carbons (Fsp3) is 0.857. The van der Waals surface area contributed by atoms with Crippen molar-refractivity contribution in [1.82, 2.24) is 5.32 Å². The molecular formula is C7H13F2NO. The van der Waals surface area contributed by atoms with Gasteiger partial charge in [-0.3, -0.25) is 4.79 Å². The Kier molecular flexibility index (Phi) is 3.42. The van der Waals surface area contributed by atoms with Crippen molar-refractivity contribution >= 4 is 5.91 Å². The standard InChI is InChI=1S/C7H13F2NO/c1-7(2,6(8)9)4-5(11)10-3/h6H,4H2,1-3H3,(H,10,11). The van der Waals surface area contributed by atoms with E-state index in [2.05, 4.69) is 5.32 Å². The van der Waals surface area contributed by atoms with E-state index in [4.69, 9.17) is 0 Å². The highest BCUT2D eigenvalue weighted by atomic mass is 19.3. The molecule has 0 atom stereocenters. The van der Waals surface area contributed by atoms with E-state index in [1.165, 1.54) is 20.9 Å². The molecule has 0 aliphatic heterocycles. The largest absolute Gasteiger partial charge is 0.359 e. The highest BCUT2D eigenvalue weighted by molar-refractivity contribution is 5.76. The van der Waals surface area contributed by atoms with E-state index >= 15 is 0 Å². The second-order valence-electron chi connectivity index (χ2n) is 3.14. The van der Waals surface area contributed by atoms with Crippen LogP contribution >= 0.6 is 0 Å². The summed E-state index contributed by atoms with van der Waals surface area (Å²) in [6.45, 7) is 2.74. The molecule has 1 N–H and O–H groups in total. The number of hydrogen-bond donors (Lipinski definition) is 1. The number of carbonyl (C=O) groups is 1. The Morgan fingerprint density at radius 3 is 2.27 bits per heavy atom. The number of alkyl halides is 2. The first-order chi connectivity index (χ1) is 4.90. The molecule has 1 amide bonds. The Morgan fingerprint density at radius 2 is 2.00 bits per heavy atom. The topological polar surface area (TPSA) is 29.1 Å². The van der Waals surface area contributed by atoms with E-state index < -0.39 is 11.8 Å². The molecule has 0 unspecified atom stereocenters. The van der Waals surface area contributed by atoms with Crippen molar-refractivity contribution in [3.8, 4) is 0 Å². The number of nitrogens with one attached hydrogen (secondary N) is 1. The predicted molar refractivity (Wildman–Crippen MR) is 38.5 cm³/mol. The number of amides is 1. The van der Waals surface area contributed by atoms with Gasteiger partial charge in [0.25, 0.3) is 0 Å². The van der Waals surface area contributed by atoms with Crippen molar-refractivity contribution < 1.29 is 13.6 Å². The minimum absolute atomic E-state index is 0.138. The Morgan fingerprint density at radius 1 is 1.55 bits per heavy atom. The second-order valence-corrected chi connectivity index (χ2v) is 3.14. The molecule has 0 aromatic heterocycles. The monoisotopic (exact) mass is 165 g/mol. The summed E-state index contributed by atoms with van der Waals surface area (Å²) in [7, 11) is 1.43. The molecule has 4 heteroatoms.